The van der Waals surface area contributed by atoms with Crippen LogP contribution in [0.5, 0.6) is 0 Å². The lowest BCUT2D eigenvalue weighted by Crippen LogP contribution is -2.49. The molecule has 0 atom stereocenters. The second kappa shape index (κ2) is 7.24. The number of piperazine rings is 1. The standard InChI is InChI=1S/C13H28N2O2S/c1-5-6-7-12-17-13(16)14-8-10-15(11-9-14)18(2,3)4/h5-12H2,1-4H3. The lowest BCUT2D eigenvalue weighted by Gasteiger charge is -2.44. The summed E-state index contributed by atoms with van der Waals surface area (Å²) in [6.07, 6.45) is 10.0. The monoisotopic (exact) mass is 276 g/mol. The van der Waals surface area contributed by atoms with Crippen molar-refractivity contribution in [3.8, 4) is 0 Å². The molecule has 0 aromatic carbocycles. The minimum Gasteiger partial charge on any atom is -0.449 e. The number of rotatable bonds is 5. The van der Waals surface area contributed by atoms with Gasteiger partial charge in [-0.1, -0.05) is 19.8 Å². The summed E-state index contributed by atoms with van der Waals surface area (Å²) in [5.41, 5.74) is 0. The maximum absolute atomic E-state index is 11.8. The van der Waals surface area contributed by atoms with Crippen molar-refractivity contribution in [3.63, 3.8) is 0 Å². The van der Waals surface area contributed by atoms with Crippen LogP contribution in [0.4, 0.5) is 4.79 Å². The molecule has 0 aromatic rings. The van der Waals surface area contributed by atoms with E-state index in [2.05, 4.69) is 30.0 Å². The molecule has 1 aliphatic heterocycles. The van der Waals surface area contributed by atoms with E-state index in [9.17, 15) is 4.79 Å². The van der Waals surface area contributed by atoms with Gasteiger partial charge in [-0.2, -0.15) is 10.2 Å². The van der Waals surface area contributed by atoms with Crippen LogP contribution in [0.3, 0.4) is 0 Å². The second-order valence-electron chi connectivity index (χ2n) is 5.51. The average molecular weight is 276 g/mol. The van der Waals surface area contributed by atoms with E-state index in [0.29, 0.717) is 6.61 Å². The van der Waals surface area contributed by atoms with Gasteiger partial charge in [0.1, 0.15) is 0 Å². The molecule has 5 heteroatoms. The Balaban J connectivity index is 2.23. The van der Waals surface area contributed by atoms with Gasteiger partial charge in [0, 0.05) is 26.2 Å². The summed E-state index contributed by atoms with van der Waals surface area (Å²) < 4.78 is 7.77. The predicted molar refractivity (Wildman–Crippen MR) is 79.4 cm³/mol. The highest BCUT2D eigenvalue weighted by Gasteiger charge is 2.26. The van der Waals surface area contributed by atoms with Crippen LogP contribution in [-0.4, -0.2) is 66.9 Å². The van der Waals surface area contributed by atoms with Crippen molar-refractivity contribution in [1.29, 1.82) is 0 Å². The zero-order valence-corrected chi connectivity index (χ0v) is 13.1. The molecule has 1 aliphatic rings. The van der Waals surface area contributed by atoms with E-state index in [0.717, 1.165) is 45.4 Å². The van der Waals surface area contributed by atoms with E-state index < -0.39 is 10.2 Å². The normalized spacial score (nSPS) is 18.8. The smallest absolute Gasteiger partial charge is 0.409 e. The van der Waals surface area contributed by atoms with Gasteiger partial charge in [0.15, 0.2) is 0 Å². The van der Waals surface area contributed by atoms with Gasteiger partial charge in [0.05, 0.1) is 6.61 Å². The lowest BCUT2D eigenvalue weighted by atomic mass is 10.3. The minimum atomic E-state index is -0.645. The molecule has 18 heavy (non-hydrogen) atoms. The van der Waals surface area contributed by atoms with Crippen LogP contribution in [-0.2, 0) is 4.74 Å². The molecule has 1 fully saturated rings. The number of carbonyl (C=O) groups is 1. The SMILES string of the molecule is CCCCCOC(=O)N1CCN(S(C)(C)C)CC1. The topological polar surface area (TPSA) is 32.8 Å². The van der Waals surface area contributed by atoms with Crippen molar-refractivity contribution in [3.05, 3.63) is 0 Å². The molecule has 0 spiro atoms. The molecule has 1 saturated heterocycles. The number of amides is 1. The molecule has 0 bridgehead atoms. The van der Waals surface area contributed by atoms with E-state index in [-0.39, 0.29) is 6.09 Å². The van der Waals surface area contributed by atoms with E-state index >= 15 is 0 Å². The fourth-order valence-corrected chi connectivity index (χ4v) is 3.28. The summed E-state index contributed by atoms with van der Waals surface area (Å²) in [7, 11) is -0.645. The summed E-state index contributed by atoms with van der Waals surface area (Å²) >= 11 is 0. The van der Waals surface area contributed by atoms with Crippen LogP contribution in [0.1, 0.15) is 26.2 Å². The summed E-state index contributed by atoms with van der Waals surface area (Å²) in [6, 6.07) is 0. The fourth-order valence-electron chi connectivity index (χ4n) is 2.02. The van der Waals surface area contributed by atoms with Gasteiger partial charge in [-0.15, -0.1) is 0 Å². The van der Waals surface area contributed by atoms with Crippen LogP contribution in [0, 0.1) is 0 Å². The third-order valence-corrected chi connectivity index (χ3v) is 5.16. The van der Waals surface area contributed by atoms with Gasteiger partial charge < -0.3 is 9.64 Å². The van der Waals surface area contributed by atoms with E-state index in [1.165, 1.54) is 0 Å². The summed E-state index contributed by atoms with van der Waals surface area (Å²) in [5, 5.41) is 0. The van der Waals surface area contributed by atoms with Gasteiger partial charge in [-0.3, -0.25) is 4.31 Å². The van der Waals surface area contributed by atoms with Crippen molar-refractivity contribution in [2.45, 2.75) is 26.2 Å². The molecule has 108 valence electrons. The van der Waals surface area contributed by atoms with E-state index in [4.69, 9.17) is 4.74 Å². The van der Waals surface area contributed by atoms with Gasteiger partial charge in [-0.05, 0) is 25.2 Å². The first-order chi connectivity index (χ1) is 8.45. The summed E-state index contributed by atoms with van der Waals surface area (Å²) in [4.78, 5) is 13.7. The highest BCUT2D eigenvalue weighted by atomic mass is 32.3. The Morgan fingerprint density at radius 3 is 2.22 bits per heavy atom. The first-order valence-electron chi connectivity index (χ1n) is 6.80. The predicted octanol–water partition coefficient (Wildman–Crippen LogP) is 2.54. The van der Waals surface area contributed by atoms with Crippen molar-refractivity contribution in [1.82, 2.24) is 9.21 Å². The average Bonchev–Trinajstić information content (AvgIpc) is 2.33. The van der Waals surface area contributed by atoms with E-state index in [1.54, 1.807) is 0 Å². The molecule has 4 nitrogen and oxygen atoms in total. The third-order valence-electron chi connectivity index (χ3n) is 3.24. The van der Waals surface area contributed by atoms with Crippen LogP contribution in [0.2, 0.25) is 0 Å². The molecular formula is C13H28N2O2S. The van der Waals surface area contributed by atoms with Gasteiger partial charge in [0.2, 0.25) is 0 Å². The van der Waals surface area contributed by atoms with Crippen molar-refractivity contribution < 1.29 is 9.53 Å². The fraction of sp³-hybridized carbons (Fsp3) is 0.923. The first-order valence-corrected chi connectivity index (χ1v) is 9.61. The van der Waals surface area contributed by atoms with E-state index in [1.807, 2.05) is 4.90 Å². The Morgan fingerprint density at radius 2 is 1.72 bits per heavy atom. The lowest BCUT2D eigenvalue weighted by molar-refractivity contribution is 0.0887. The maximum Gasteiger partial charge on any atom is 0.409 e. The minimum absolute atomic E-state index is 0.130. The van der Waals surface area contributed by atoms with Crippen LogP contribution in [0.15, 0.2) is 0 Å². The Labute approximate surface area is 113 Å². The van der Waals surface area contributed by atoms with Crippen LogP contribution in [0.25, 0.3) is 0 Å². The number of carbonyl (C=O) groups excluding carboxylic acids is 1. The van der Waals surface area contributed by atoms with Gasteiger partial charge in [0.25, 0.3) is 0 Å². The first kappa shape index (κ1) is 15.6. The number of nitrogens with zero attached hydrogens (tertiary/aromatic N) is 2. The Kier molecular flexibility index (Phi) is 6.29. The largest absolute Gasteiger partial charge is 0.449 e. The van der Waals surface area contributed by atoms with Gasteiger partial charge in [-0.25, -0.2) is 4.79 Å². The Morgan fingerprint density at radius 1 is 1.11 bits per heavy atom. The number of hydrogen-bond donors (Lipinski definition) is 0. The van der Waals surface area contributed by atoms with Crippen LogP contribution >= 0.6 is 10.2 Å². The molecule has 1 rings (SSSR count). The number of ether oxygens (including phenoxy) is 1. The maximum atomic E-state index is 11.8. The Bertz CT molecular complexity index is 258. The third kappa shape index (κ3) is 5.06. The highest BCUT2D eigenvalue weighted by Crippen LogP contribution is 2.40. The molecule has 0 aliphatic carbocycles. The second-order valence-corrected chi connectivity index (χ2v) is 9.57. The molecule has 1 heterocycles. The quantitative estimate of drug-likeness (QED) is 0.723. The summed E-state index contributed by atoms with van der Waals surface area (Å²) in [5.74, 6) is 0. The molecule has 1 amide bonds. The number of unbranched alkanes of at least 4 members (excludes halogenated alkanes) is 2. The van der Waals surface area contributed by atoms with Crippen molar-refractivity contribution in [2.75, 3.05) is 51.6 Å². The molecule has 0 unspecified atom stereocenters. The Hall–Kier alpha value is -0.420. The number of hydrogen-bond acceptors (Lipinski definition) is 3. The summed E-state index contributed by atoms with van der Waals surface area (Å²) in [6.45, 7) is 6.27. The molecule has 0 aromatic heterocycles. The zero-order chi connectivity index (χ0) is 13.6. The van der Waals surface area contributed by atoms with Gasteiger partial charge >= 0.3 is 6.09 Å². The molecular weight excluding hydrogens is 248 g/mol. The van der Waals surface area contributed by atoms with Crippen molar-refractivity contribution in [2.24, 2.45) is 0 Å². The van der Waals surface area contributed by atoms with Crippen LogP contribution < -0.4 is 0 Å². The highest BCUT2D eigenvalue weighted by molar-refractivity contribution is 8.30. The molecule has 0 radical (unpaired) electrons. The molecule has 0 saturated carbocycles. The molecule has 0 N–H and O–H groups in total. The zero-order valence-electron chi connectivity index (χ0n) is 12.3. The van der Waals surface area contributed by atoms with Crippen molar-refractivity contribution >= 4 is 16.3 Å².